The molecule has 2 saturated heterocycles. The predicted molar refractivity (Wildman–Crippen MR) is 78.9 cm³/mol. The highest BCUT2D eigenvalue weighted by molar-refractivity contribution is 7.86. The van der Waals surface area contributed by atoms with Gasteiger partial charge in [-0.3, -0.25) is 4.21 Å². The maximum absolute atomic E-state index is 12.1. The Kier molecular flexibility index (Phi) is 3.18. The number of hydrogen-bond acceptors (Lipinski definition) is 3. The van der Waals surface area contributed by atoms with Crippen molar-refractivity contribution < 1.29 is 9.32 Å². The van der Waals surface area contributed by atoms with Gasteiger partial charge in [-0.15, -0.1) is 0 Å². The Hall–Kier alpha value is -0.870. The number of nitrogens with zero attached hydrogens (tertiary/aromatic N) is 1. The molecular formula is C15H21NO2S. The van der Waals surface area contributed by atoms with E-state index in [0.717, 1.165) is 24.1 Å². The van der Waals surface area contributed by atoms with Crippen molar-refractivity contribution in [1.82, 2.24) is 0 Å². The zero-order valence-electron chi connectivity index (χ0n) is 11.5. The summed E-state index contributed by atoms with van der Waals surface area (Å²) in [6.45, 7) is 0. The van der Waals surface area contributed by atoms with Crippen LogP contribution in [0.1, 0.15) is 31.2 Å². The third-order valence-corrected chi connectivity index (χ3v) is 6.62. The van der Waals surface area contributed by atoms with Crippen molar-refractivity contribution in [2.24, 2.45) is 0 Å². The van der Waals surface area contributed by atoms with Crippen molar-refractivity contribution in [2.45, 2.75) is 41.8 Å². The smallest absolute Gasteiger partial charge is 0.0920 e. The summed E-state index contributed by atoms with van der Waals surface area (Å²) in [7, 11) is 3.28. The molecule has 0 aromatic heterocycles. The highest BCUT2D eigenvalue weighted by Gasteiger charge is 2.48. The van der Waals surface area contributed by atoms with Crippen molar-refractivity contribution in [1.29, 1.82) is 0 Å². The van der Waals surface area contributed by atoms with Crippen molar-refractivity contribution in [2.75, 3.05) is 19.0 Å². The Morgan fingerprint density at radius 3 is 2.47 bits per heavy atom. The molecule has 0 aliphatic carbocycles. The van der Waals surface area contributed by atoms with Crippen LogP contribution in [0, 0.1) is 0 Å². The van der Waals surface area contributed by atoms with Gasteiger partial charge in [-0.25, -0.2) is 0 Å². The standard InChI is InChI=1S/C15H21NO2S/c1-16(2)12-5-3-4-11(8-12)15(17)9-13-6-7-14(10-15)19(13)18/h3-5,8,13-14,17H,6-7,9-10H2,1-2H3. The number of hydrogen-bond donors (Lipinski definition) is 1. The highest BCUT2D eigenvalue weighted by Crippen LogP contribution is 2.46. The quantitative estimate of drug-likeness (QED) is 0.900. The van der Waals surface area contributed by atoms with E-state index < -0.39 is 16.4 Å². The molecule has 0 spiro atoms. The summed E-state index contributed by atoms with van der Waals surface area (Å²) in [5, 5.41) is 11.4. The van der Waals surface area contributed by atoms with Crippen LogP contribution in [0.3, 0.4) is 0 Å². The van der Waals surface area contributed by atoms with Gasteiger partial charge in [0.2, 0.25) is 0 Å². The maximum Gasteiger partial charge on any atom is 0.0920 e. The molecule has 1 aromatic rings. The Balaban J connectivity index is 1.93. The van der Waals surface area contributed by atoms with Crippen LogP contribution in [0.15, 0.2) is 24.3 Å². The minimum Gasteiger partial charge on any atom is -0.385 e. The minimum absolute atomic E-state index is 0.187. The van der Waals surface area contributed by atoms with Gasteiger partial charge in [0.25, 0.3) is 0 Å². The molecule has 1 N–H and O–H groups in total. The van der Waals surface area contributed by atoms with Gasteiger partial charge in [-0.2, -0.15) is 0 Å². The summed E-state index contributed by atoms with van der Waals surface area (Å²) >= 11 is 0. The molecule has 2 aliphatic rings. The van der Waals surface area contributed by atoms with Gasteiger partial charge >= 0.3 is 0 Å². The number of benzene rings is 1. The van der Waals surface area contributed by atoms with E-state index in [-0.39, 0.29) is 10.5 Å². The molecule has 104 valence electrons. The first-order chi connectivity index (χ1) is 8.99. The van der Waals surface area contributed by atoms with E-state index in [2.05, 4.69) is 6.07 Å². The molecule has 2 aliphatic heterocycles. The second-order valence-electron chi connectivity index (χ2n) is 6.03. The van der Waals surface area contributed by atoms with Crippen molar-refractivity contribution in [3.05, 3.63) is 29.8 Å². The monoisotopic (exact) mass is 279 g/mol. The molecule has 19 heavy (non-hydrogen) atoms. The van der Waals surface area contributed by atoms with Gasteiger partial charge < -0.3 is 10.0 Å². The number of rotatable bonds is 2. The molecule has 2 heterocycles. The molecule has 0 saturated carbocycles. The molecule has 1 aromatic carbocycles. The lowest BCUT2D eigenvalue weighted by Crippen LogP contribution is -2.40. The molecule has 2 atom stereocenters. The summed E-state index contributed by atoms with van der Waals surface area (Å²) in [5.74, 6) is 0. The van der Waals surface area contributed by atoms with Crippen LogP contribution in [0.5, 0.6) is 0 Å². The van der Waals surface area contributed by atoms with Crippen molar-refractivity contribution >= 4 is 16.5 Å². The molecule has 0 radical (unpaired) electrons. The Morgan fingerprint density at radius 2 is 1.89 bits per heavy atom. The summed E-state index contributed by atoms with van der Waals surface area (Å²) in [4.78, 5) is 2.04. The van der Waals surface area contributed by atoms with E-state index in [1.54, 1.807) is 0 Å². The molecule has 2 unspecified atom stereocenters. The van der Waals surface area contributed by atoms with E-state index in [1.165, 1.54) is 0 Å². The first-order valence-corrected chi connectivity index (χ1v) is 8.17. The highest BCUT2D eigenvalue weighted by atomic mass is 32.2. The molecule has 4 heteroatoms. The summed E-state index contributed by atoms with van der Waals surface area (Å²) in [5.41, 5.74) is 1.29. The van der Waals surface area contributed by atoms with E-state index >= 15 is 0 Å². The van der Waals surface area contributed by atoms with Gasteiger partial charge in [0.05, 0.1) is 5.60 Å². The molecule has 3 rings (SSSR count). The average Bonchev–Trinajstić information content (AvgIpc) is 2.63. The number of aliphatic hydroxyl groups is 1. The van der Waals surface area contributed by atoms with E-state index in [1.807, 2.05) is 37.2 Å². The second kappa shape index (κ2) is 4.60. The largest absolute Gasteiger partial charge is 0.385 e. The SMILES string of the molecule is CN(C)c1cccc(C2(O)CC3CCC(C2)S3=O)c1. The van der Waals surface area contributed by atoms with E-state index in [0.29, 0.717) is 12.8 Å². The average molecular weight is 279 g/mol. The van der Waals surface area contributed by atoms with Crippen molar-refractivity contribution in [3.63, 3.8) is 0 Å². The zero-order chi connectivity index (χ0) is 13.6. The molecule has 3 nitrogen and oxygen atoms in total. The minimum atomic E-state index is -0.786. The van der Waals surface area contributed by atoms with Crippen LogP contribution in [-0.4, -0.2) is 33.9 Å². The fourth-order valence-corrected chi connectivity index (χ4v) is 5.55. The van der Waals surface area contributed by atoms with Gasteiger partial charge in [0.1, 0.15) is 0 Å². The second-order valence-corrected chi connectivity index (χ2v) is 8.02. The molecule has 2 fully saturated rings. The summed E-state index contributed by atoms with van der Waals surface area (Å²) in [6, 6.07) is 8.10. The van der Waals surface area contributed by atoms with Gasteiger partial charge in [-0.05, 0) is 43.4 Å². The lowest BCUT2D eigenvalue weighted by molar-refractivity contribution is 0.0185. The lowest BCUT2D eigenvalue weighted by Gasteiger charge is -2.36. The summed E-state index contributed by atoms with van der Waals surface area (Å²) < 4.78 is 12.1. The normalized spacial score (nSPS) is 37.3. The number of anilines is 1. The Labute approximate surface area is 117 Å². The van der Waals surface area contributed by atoms with Gasteiger partial charge in [-0.1, -0.05) is 12.1 Å². The van der Waals surface area contributed by atoms with Crippen LogP contribution in [-0.2, 0) is 16.4 Å². The maximum atomic E-state index is 12.1. The van der Waals surface area contributed by atoms with Crippen molar-refractivity contribution in [3.8, 4) is 0 Å². The Morgan fingerprint density at radius 1 is 1.26 bits per heavy atom. The fraction of sp³-hybridized carbons (Fsp3) is 0.600. The summed E-state index contributed by atoms with van der Waals surface area (Å²) in [6.07, 6.45) is 3.31. The van der Waals surface area contributed by atoms with Crippen LogP contribution >= 0.6 is 0 Å². The van der Waals surface area contributed by atoms with Gasteiger partial charge in [0, 0.05) is 41.1 Å². The first-order valence-electron chi connectivity index (χ1n) is 6.89. The Bertz CT molecular complexity index is 499. The predicted octanol–water partition coefficient (Wildman–Crippen LogP) is 2.01. The topological polar surface area (TPSA) is 40.5 Å². The molecule has 2 bridgehead atoms. The fourth-order valence-electron chi connectivity index (χ4n) is 3.39. The van der Waals surface area contributed by atoms with Crippen LogP contribution < -0.4 is 4.90 Å². The van der Waals surface area contributed by atoms with E-state index in [4.69, 9.17) is 0 Å². The van der Waals surface area contributed by atoms with Crippen LogP contribution in [0.25, 0.3) is 0 Å². The third-order valence-electron chi connectivity index (χ3n) is 4.50. The molecular weight excluding hydrogens is 258 g/mol. The third kappa shape index (κ3) is 2.21. The first kappa shape index (κ1) is 13.1. The van der Waals surface area contributed by atoms with Gasteiger partial charge in [0.15, 0.2) is 0 Å². The lowest BCUT2D eigenvalue weighted by atomic mass is 9.85. The number of fused-ring (bicyclic) bond motifs is 2. The van der Waals surface area contributed by atoms with Crippen LogP contribution in [0.4, 0.5) is 5.69 Å². The molecule has 0 amide bonds. The van der Waals surface area contributed by atoms with E-state index in [9.17, 15) is 9.32 Å². The zero-order valence-corrected chi connectivity index (χ0v) is 12.3. The van der Waals surface area contributed by atoms with Crippen LogP contribution in [0.2, 0.25) is 0 Å².